The quantitative estimate of drug-likeness (QED) is 0.452. The summed E-state index contributed by atoms with van der Waals surface area (Å²) >= 11 is 0. The lowest BCUT2D eigenvalue weighted by atomic mass is 9.97. The Morgan fingerprint density at radius 1 is 0.692 bits per heavy atom. The second kappa shape index (κ2) is 12.0. The average Bonchev–Trinajstić information content (AvgIpc) is 2.36. The highest BCUT2D eigenvalue weighted by atomic mass is 14.2. The van der Waals surface area contributed by atoms with E-state index in [1.807, 2.05) is 27.7 Å². The van der Waals surface area contributed by atoms with E-state index in [1.54, 1.807) is 0 Å². The molecule has 1 fully saturated rings. The fourth-order valence-electron chi connectivity index (χ4n) is 1.91. The molecule has 2 atom stereocenters. The molecular weight excluding hydrogens is 156 g/mol. The fourth-order valence-corrected chi connectivity index (χ4v) is 1.91. The molecule has 1 aliphatic carbocycles. The molecule has 0 amide bonds. The van der Waals surface area contributed by atoms with Crippen molar-refractivity contribution < 1.29 is 0 Å². The molecular formula is C13H30. The van der Waals surface area contributed by atoms with Gasteiger partial charge in [0, 0.05) is 0 Å². The van der Waals surface area contributed by atoms with Crippen LogP contribution in [0.4, 0.5) is 0 Å². The molecule has 1 aliphatic rings. The average molecular weight is 186 g/mol. The molecule has 0 nitrogen and oxygen atoms in total. The largest absolute Gasteiger partial charge is 0.0683 e. The molecule has 13 heavy (non-hydrogen) atoms. The van der Waals surface area contributed by atoms with Crippen LogP contribution in [0.25, 0.3) is 0 Å². The van der Waals surface area contributed by atoms with E-state index < -0.39 is 0 Å². The van der Waals surface area contributed by atoms with Gasteiger partial charge in [0.25, 0.3) is 0 Å². The molecule has 0 saturated heterocycles. The normalized spacial score (nSPS) is 27.2. The zero-order valence-corrected chi connectivity index (χ0v) is 10.7. The van der Waals surface area contributed by atoms with Crippen LogP contribution in [0, 0.1) is 11.8 Å². The van der Waals surface area contributed by atoms with Crippen molar-refractivity contribution in [1.29, 1.82) is 0 Å². The van der Waals surface area contributed by atoms with E-state index in [4.69, 9.17) is 0 Å². The third-order valence-corrected chi connectivity index (χ3v) is 2.45. The molecule has 0 spiro atoms. The Morgan fingerprint density at radius 2 is 1.00 bits per heavy atom. The molecule has 0 heterocycles. The summed E-state index contributed by atoms with van der Waals surface area (Å²) in [6.07, 6.45) is 7.38. The van der Waals surface area contributed by atoms with Crippen LogP contribution in [0.3, 0.4) is 0 Å². The van der Waals surface area contributed by atoms with Crippen LogP contribution in [0.15, 0.2) is 0 Å². The first kappa shape index (κ1) is 15.5. The van der Waals surface area contributed by atoms with Crippen LogP contribution < -0.4 is 0 Å². The van der Waals surface area contributed by atoms with Crippen molar-refractivity contribution in [1.82, 2.24) is 0 Å². The van der Waals surface area contributed by atoms with Crippen molar-refractivity contribution in [2.45, 2.75) is 73.6 Å². The van der Waals surface area contributed by atoms with Gasteiger partial charge in [-0.1, -0.05) is 67.2 Å². The van der Waals surface area contributed by atoms with Gasteiger partial charge in [-0.2, -0.15) is 0 Å². The van der Waals surface area contributed by atoms with Crippen LogP contribution in [-0.2, 0) is 0 Å². The van der Waals surface area contributed by atoms with Gasteiger partial charge in [-0.25, -0.2) is 0 Å². The first-order valence-electron chi connectivity index (χ1n) is 6.29. The van der Waals surface area contributed by atoms with Crippen molar-refractivity contribution in [3.8, 4) is 0 Å². The smallest absolute Gasteiger partial charge is 0.0440 e. The standard InChI is InChI=1S/C9H18.2C2H6/c1-8-5-3-4-6-9(2)7-8;2*1-2/h8-9H,3-7H2,1-2H3;2*1-2H3. The van der Waals surface area contributed by atoms with E-state index in [0.29, 0.717) is 0 Å². The predicted molar refractivity (Wildman–Crippen MR) is 64.1 cm³/mol. The van der Waals surface area contributed by atoms with Gasteiger partial charge in [-0.05, 0) is 18.3 Å². The Labute approximate surface area is 86.1 Å². The SMILES string of the molecule is CC.CC.CC1CCCCC(C)C1. The molecule has 1 rings (SSSR count). The summed E-state index contributed by atoms with van der Waals surface area (Å²) in [6, 6.07) is 0. The summed E-state index contributed by atoms with van der Waals surface area (Å²) < 4.78 is 0. The molecule has 2 unspecified atom stereocenters. The fraction of sp³-hybridized carbons (Fsp3) is 1.00. The third kappa shape index (κ3) is 9.92. The van der Waals surface area contributed by atoms with E-state index in [0.717, 1.165) is 11.8 Å². The van der Waals surface area contributed by atoms with Gasteiger partial charge in [0.15, 0.2) is 0 Å². The summed E-state index contributed by atoms with van der Waals surface area (Å²) in [5, 5.41) is 0. The Kier molecular flexibility index (Phi) is 14.3. The molecule has 0 aromatic carbocycles. The molecule has 0 aliphatic heterocycles. The van der Waals surface area contributed by atoms with Gasteiger partial charge in [-0.3, -0.25) is 0 Å². The molecule has 1 saturated carbocycles. The molecule has 82 valence electrons. The first-order valence-corrected chi connectivity index (χ1v) is 6.29. The monoisotopic (exact) mass is 186 g/mol. The lowest BCUT2D eigenvalue weighted by Gasteiger charge is -2.09. The van der Waals surface area contributed by atoms with Crippen LogP contribution in [0.2, 0.25) is 0 Å². The lowest BCUT2D eigenvalue weighted by Crippen LogP contribution is -1.97. The zero-order chi connectivity index (χ0) is 10.7. The second-order valence-electron chi connectivity index (χ2n) is 3.73. The summed E-state index contributed by atoms with van der Waals surface area (Å²) in [5.74, 6) is 2.00. The van der Waals surface area contributed by atoms with Crippen molar-refractivity contribution in [3.05, 3.63) is 0 Å². The van der Waals surface area contributed by atoms with Gasteiger partial charge in [0.2, 0.25) is 0 Å². The van der Waals surface area contributed by atoms with E-state index in [9.17, 15) is 0 Å². The van der Waals surface area contributed by atoms with Crippen LogP contribution in [0.5, 0.6) is 0 Å². The molecule has 0 heteroatoms. The highest BCUT2D eigenvalue weighted by molar-refractivity contribution is 4.64. The number of rotatable bonds is 0. The highest BCUT2D eigenvalue weighted by Crippen LogP contribution is 2.26. The Bertz CT molecular complexity index is 66.1. The Morgan fingerprint density at radius 3 is 1.31 bits per heavy atom. The van der Waals surface area contributed by atoms with Crippen molar-refractivity contribution in [3.63, 3.8) is 0 Å². The molecule has 0 bridgehead atoms. The van der Waals surface area contributed by atoms with E-state index >= 15 is 0 Å². The molecule has 0 aromatic heterocycles. The summed E-state index contributed by atoms with van der Waals surface area (Å²) in [4.78, 5) is 0. The minimum Gasteiger partial charge on any atom is -0.0683 e. The van der Waals surface area contributed by atoms with E-state index in [2.05, 4.69) is 13.8 Å². The van der Waals surface area contributed by atoms with Gasteiger partial charge in [0.1, 0.15) is 0 Å². The molecule has 0 aromatic rings. The zero-order valence-electron chi connectivity index (χ0n) is 10.7. The van der Waals surface area contributed by atoms with Gasteiger partial charge in [-0.15, -0.1) is 0 Å². The van der Waals surface area contributed by atoms with Crippen LogP contribution >= 0.6 is 0 Å². The maximum absolute atomic E-state index is 2.39. The Hall–Kier alpha value is 0. The lowest BCUT2D eigenvalue weighted by molar-refractivity contribution is 0.423. The summed E-state index contributed by atoms with van der Waals surface area (Å²) in [5.41, 5.74) is 0. The van der Waals surface area contributed by atoms with Crippen LogP contribution in [0.1, 0.15) is 73.6 Å². The summed E-state index contributed by atoms with van der Waals surface area (Å²) in [6.45, 7) is 12.8. The molecule has 0 N–H and O–H groups in total. The summed E-state index contributed by atoms with van der Waals surface area (Å²) in [7, 11) is 0. The van der Waals surface area contributed by atoms with Gasteiger partial charge in [0.05, 0.1) is 0 Å². The maximum Gasteiger partial charge on any atom is -0.0440 e. The topological polar surface area (TPSA) is 0 Å². The number of hydrogen-bond donors (Lipinski definition) is 0. The van der Waals surface area contributed by atoms with Crippen molar-refractivity contribution >= 4 is 0 Å². The van der Waals surface area contributed by atoms with Crippen molar-refractivity contribution in [2.75, 3.05) is 0 Å². The van der Waals surface area contributed by atoms with Crippen LogP contribution in [-0.4, -0.2) is 0 Å². The second-order valence-corrected chi connectivity index (χ2v) is 3.73. The Balaban J connectivity index is 0. The minimum atomic E-state index is 1.00. The maximum atomic E-state index is 2.39. The van der Waals surface area contributed by atoms with Gasteiger partial charge >= 0.3 is 0 Å². The van der Waals surface area contributed by atoms with Gasteiger partial charge < -0.3 is 0 Å². The first-order chi connectivity index (χ1) is 6.29. The van der Waals surface area contributed by atoms with E-state index in [-0.39, 0.29) is 0 Å². The highest BCUT2D eigenvalue weighted by Gasteiger charge is 2.12. The van der Waals surface area contributed by atoms with E-state index in [1.165, 1.54) is 32.1 Å². The third-order valence-electron chi connectivity index (χ3n) is 2.45. The number of hydrogen-bond acceptors (Lipinski definition) is 0. The predicted octanol–water partition coefficient (Wildman–Crippen LogP) is 5.28. The minimum absolute atomic E-state index is 1.00. The van der Waals surface area contributed by atoms with Crippen molar-refractivity contribution in [2.24, 2.45) is 11.8 Å². The molecule has 0 radical (unpaired) electrons.